The summed E-state index contributed by atoms with van der Waals surface area (Å²) in [5.74, 6) is 0.424. The van der Waals surface area contributed by atoms with Crippen LogP contribution in [0.5, 0.6) is 0 Å². The SMILES string of the molecule is CC(C(=O)Nc1ccccc1[N+](=O)[O-])N1CCN(c2ncccn2)CC1. The Labute approximate surface area is 150 Å². The predicted molar refractivity (Wildman–Crippen MR) is 97.0 cm³/mol. The monoisotopic (exact) mass is 356 g/mol. The molecule has 0 radical (unpaired) electrons. The van der Waals surface area contributed by atoms with E-state index in [-0.39, 0.29) is 17.3 Å². The van der Waals surface area contributed by atoms with Crippen molar-refractivity contribution in [3.8, 4) is 0 Å². The van der Waals surface area contributed by atoms with Gasteiger partial charge in [-0.1, -0.05) is 12.1 Å². The Balaban J connectivity index is 1.59. The average Bonchev–Trinajstić information content (AvgIpc) is 2.68. The molecule has 1 amide bonds. The van der Waals surface area contributed by atoms with E-state index in [4.69, 9.17) is 0 Å². The molecule has 3 rings (SSSR count). The molecule has 1 aromatic carbocycles. The molecule has 9 heteroatoms. The van der Waals surface area contributed by atoms with Gasteiger partial charge in [0, 0.05) is 44.6 Å². The van der Waals surface area contributed by atoms with Crippen molar-refractivity contribution in [1.29, 1.82) is 0 Å². The lowest BCUT2D eigenvalue weighted by Gasteiger charge is -2.37. The molecule has 2 aromatic rings. The molecule has 1 saturated heterocycles. The summed E-state index contributed by atoms with van der Waals surface area (Å²) in [7, 11) is 0. The molecule has 2 heterocycles. The Morgan fingerprint density at radius 3 is 2.46 bits per heavy atom. The molecule has 1 unspecified atom stereocenters. The fourth-order valence-corrected chi connectivity index (χ4v) is 2.91. The molecule has 0 saturated carbocycles. The van der Waals surface area contributed by atoms with Gasteiger partial charge in [-0.2, -0.15) is 0 Å². The minimum absolute atomic E-state index is 0.112. The smallest absolute Gasteiger partial charge is 0.292 e. The molecule has 26 heavy (non-hydrogen) atoms. The van der Waals surface area contributed by atoms with Gasteiger partial charge in [0.15, 0.2) is 0 Å². The average molecular weight is 356 g/mol. The lowest BCUT2D eigenvalue weighted by Crippen LogP contribution is -2.53. The minimum atomic E-state index is -0.501. The van der Waals surface area contributed by atoms with Gasteiger partial charge in [-0.3, -0.25) is 19.8 Å². The van der Waals surface area contributed by atoms with Crippen LogP contribution in [0.3, 0.4) is 0 Å². The molecule has 1 aliphatic rings. The van der Waals surface area contributed by atoms with E-state index in [1.54, 1.807) is 37.5 Å². The lowest BCUT2D eigenvalue weighted by molar-refractivity contribution is -0.383. The van der Waals surface area contributed by atoms with Crippen LogP contribution in [0.1, 0.15) is 6.92 Å². The van der Waals surface area contributed by atoms with Gasteiger partial charge in [-0.05, 0) is 19.1 Å². The van der Waals surface area contributed by atoms with E-state index in [1.165, 1.54) is 12.1 Å². The van der Waals surface area contributed by atoms with Gasteiger partial charge < -0.3 is 10.2 Å². The van der Waals surface area contributed by atoms with Crippen molar-refractivity contribution in [3.63, 3.8) is 0 Å². The van der Waals surface area contributed by atoms with Gasteiger partial charge in [0.1, 0.15) is 5.69 Å². The number of amides is 1. The zero-order valence-electron chi connectivity index (χ0n) is 14.4. The van der Waals surface area contributed by atoms with Crippen LogP contribution < -0.4 is 10.2 Å². The number of anilines is 2. The van der Waals surface area contributed by atoms with Gasteiger partial charge in [0.2, 0.25) is 11.9 Å². The summed E-state index contributed by atoms with van der Waals surface area (Å²) in [5, 5.41) is 13.7. The summed E-state index contributed by atoms with van der Waals surface area (Å²) < 4.78 is 0. The molecule has 0 spiro atoms. The van der Waals surface area contributed by atoms with Crippen molar-refractivity contribution in [2.24, 2.45) is 0 Å². The fraction of sp³-hybridized carbons (Fsp3) is 0.353. The van der Waals surface area contributed by atoms with Crippen molar-refractivity contribution < 1.29 is 9.72 Å². The standard InChI is InChI=1S/C17H20N6O3/c1-13(16(24)20-14-5-2-3-6-15(14)23(25)26)21-9-11-22(12-10-21)17-18-7-4-8-19-17/h2-8,13H,9-12H2,1H3,(H,20,24). The summed E-state index contributed by atoms with van der Waals surface area (Å²) >= 11 is 0. The van der Waals surface area contributed by atoms with Crippen LogP contribution in [-0.4, -0.2) is 57.9 Å². The number of hydrogen-bond acceptors (Lipinski definition) is 7. The van der Waals surface area contributed by atoms with E-state index in [1.807, 2.05) is 4.90 Å². The molecule has 136 valence electrons. The molecular formula is C17H20N6O3. The Morgan fingerprint density at radius 1 is 1.15 bits per heavy atom. The second-order valence-electron chi connectivity index (χ2n) is 6.01. The van der Waals surface area contributed by atoms with Gasteiger partial charge in [-0.15, -0.1) is 0 Å². The third-order valence-corrected chi connectivity index (χ3v) is 4.44. The van der Waals surface area contributed by atoms with Crippen molar-refractivity contribution >= 4 is 23.2 Å². The van der Waals surface area contributed by atoms with Crippen LogP contribution in [0.2, 0.25) is 0 Å². The minimum Gasteiger partial charge on any atom is -0.338 e. The van der Waals surface area contributed by atoms with Crippen molar-refractivity contribution in [1.82, 2.24) is 14.9 Å². The zero-order valence-corrected chi connectivity index (χ0v) is 14.4. The number of hydrogen-bond donors (Lipinski definition) is 1. The van der Waals surface area contributed by atoms with E-state index in [2.05, 4.69) is 20.2 Å². The highest BCUT2D eigenvalue weighted by Crippen LogP contribution is 2.23. The molecule has 0 bridgehead atoms. The molecule has 0 aliphatic carbocycles. The normalized spacial score (nSPS) is 16.1. The van der Waals surface area contributed by atoms with Crippen molar-refractivity contribution in [2.45, 2.75) is 13.0 Å². The highest BCUT2D eigenvalue weighted by atomic mass is 16.6. The first-order chi connectivity index (χ1) is 12.6. The van der Waals surface area contributed by atoms with E-state index < -0.39 is 11.0 Å². The van der Waals surface area contributed by atoms with E-state index >= 15 is 0 Å². The Hall–Kier alpha value is -3.07. The second-order valence-corrected chi connectivity index (χ2v) is 6.01. The van der Waals surface area contributed by atoms with E-state index in [0.29, 0.717) is 32.1 Å². The first-order valence-corrected chi connectivity index (χ1v) is 8.36. The molecule has 9 nitrogen and oxygen atoms in total. The molecule has 1 aliphatic heterocycles. The predicted octanol–water partition coefficient (Wildman–Crippen LogP) is 1.53. The van der Waals surface area contributed by atoms with Crippen molar-refractivity contribution in [2.75, 3.05) is 36.4 Å². The number of nitro groups is 1. The van der Waals surface area contributed by atoms with Crippen LogP contribution in [-0.2, 0) is 4.79 Å². The maximum absolute atomic E-state index is 12.5. The first-order valence-electron chi connectivity index (χ1n) is 8.36. The summed E-state index contributed by atoms with van der Waals surface area (Å²) in [6, 6.07) is 7.52. The summed E-state index contributed by atoms with van der Waals surface area (Å²) in [4.78, 5) is 35.7. The number of carbonyl (C=O) groups excluding carboxylic acids is 1. The van der Waals surface area contributed by atoms with E-state index in [9.17, 15) is 14.9 Å². The molecular weight excluding hydrogens is 336 g/mol. The number of rotatable bonds is 5. The summed E-state index contributed by atoms with van der Waals surface area (Å²) in [5.41, 5.74) is 0.102. The van der Waals surface area contributed by atoms with Gasteiger partial charge >= 0.3 is 0 Å². The van der Waals surface area contributed by atoms with Crippen LogP contribution >= 0.6 is 0 Å². The number of para-hydroxylation sites is 2. The second kappa shape index (κ2) is 7.87. The van der Waals surface area contributed by atoms with Crippen LogP contribution in [0.4, 0.5) is 17.3 Å². The van der Waals surface area contributed by atoms with E-state index in [0.717, 1.165) is 0 Å². The number of nitrogens with zero attached hydrogens (tertiary/aromatic N) is 5. The maximum atomic E-state index is 12.5. The zero-order chi connectivity index (χ0) is 18.5. The van der Waals surface area contributed by atoms with Crippen LogP contribution in [0.25, 0.3) is 0 Å². The number of piperazine rings is 1. The van der Waals surface area contributed by atoms with Crippen LogP contribution in [0.15, 0.2) is 42.7 Å². The topological polar surface area (TPSA) is 104 Å². The number of nitro benzene ring substituents is 1. The van der Waals surface area contributed by atoms with Crippen LogP contribution in [0, 0.1) is 10.1 Å². The highest BCUT2D eigenvalue weighted by Gasteiger charge is 2.27. The number of nitrogens with one attached hydrogen (secondary N) is 1. The number of benzene rings is 1. The summed E-state index contributed by atoms with van der Waals surface area (Å²) in [6.07, 6.45) is 3.41. The highest BCUT2D eigenvalue weighted by molar-refractivity contribution is 5.96. The Morgan fingerprint density at radius 2 is 1.81 bits per heavy atom. The molecule has 1 aromatic heterocycles. The Kier molecular flexibility index (Phi) is 5.37. The third-order valence-electron chi connectivity index (χ3n) is 4.44. The quantitative estimate of drug-likeness (QED) is 0.640. The van der Waals surface area contributed by atoms with Gasteiger partial charge in [0.05, 0.1) is 11.0 Å². The van der Waals surface area contributed by atoms with Crippen molar-refractivity contribution in [3.05, 3.63) is 52.8 Å². The number of carbonyl (C=O) groups is 1. The number of aromatic nitrogens is 2. The molecule has 1 atom stereocenters. The van der Waals surface area contributed by atoms with Gasteiger partial charge in [0.25, 0.3) is 5.69 Å². The van der Waals surface area contributed by atoms with Gasteiger partial charge in [-0.25, -0.2) is 9.97 Å². The molecule has 1 fully saturated rings. The summed E-state index contributed by atoms with van der Waals surface area (Å²) in [6.45, 7) is 4.60. The molecule has 1 N–H and O–H groups in total. The lowest BCUT2D eigenvalue weighted by atomic mass is 10.2. The largest absolute Gasteiger partial charge is 0.338 e. The maximum Gasteiger partial charge on any atom is 0.292 e. The first kappa shape index (κ1) is 17.7. The third kappa shape index (κ3) is 3.94. The fourth-order valence-electron chi connectivity index (χ4n) is 2.91. The Bertz CT molecular complexity index is 777.